The number of hydrogen-bond donors (Lipinski definition) is 1. The van der Waals surface area contributed by atoms with Gasteiger partial charge in [-0.3, -0.25) is 4.79 Å². The third kappa shape index (κ3) is 3.33. The fourth-order valence-electron chi connectivity index (χ4n) is 2.57. The molecule has 0 bridgehead atoms. The first-order valence-electron chi connectivity index (χ1n) is 6.75. The number of hydrogen-bond acceptors (Lipinski definition) is 3. The summed E-state index contributed by atoms with van der Waals surface area (Å²) in [7, 11) is 0. The Hall–Kier alpha value is -1.35. The summed E-state index contributed by atoms with van der Waals surface area (Å²) in [5.41, 5.74) is 1.27. The van der Waals surface area contributed by atoms with Crippen LogP contribution in [0.15, 0.2) is 30.3 Å². The standard InChI is InChI=1S/C15H21NO2/c1-2-18-15(17)13-9-6-10-16-14(13)11-12-7-4-3-5-8-12/h3-5,7-8,13-14,16H,2,6,9-11H2,1H3. The molecule has 1 N–H and O–H groups in total. The van der Waals surface area contributed by atoms with Crippen molar-refractivity contribution in [1.29, 1.82) is 0 Å². The highest BCUT2D eigenvalue weighted by atomic mass is 16.5. The molecule has 18 heavy (non-hydrogen) atoms. The van der Waals surface area contributed by atoms with E-state index in [2.05, 4.69) is 17.4 Å². The van der Waals surface area contributed by atoms with Crippen LogP contribution in [0.3, 0.4) is 0 Å². The van der Waals surface area contributed by atoms with Crippen LogP contribution < -0.4 is 5.32 Å². The minimum absolute atomic E-state index is 0.00101. The number of carbonyl (C=O) groups excluding carboxylic acids is 1. The normalized spacial score (nSPS) is 23.6. The van der Waals surface area contributed by atoms with E-state index in [-0.39, 0.29) is 17.9 Å². The third-order valence-electron chi connectivity index (χ3n) is 3.47. The molecule has 2 unspecified atom stereocenters. The van der Waals surface area contributed by atoms with Gasteiger partial charge >= 0.3 is 5.97 Å². The number of carbonyl (C=O) groups is 1. The first-order valence-corrected chi connectivity index (χ1v) is 6.75. The van der Waals surface area contributed by atoms with Crippen molar-refractivity contribution in [2.75, 3.05) is 13.2 Å². The van der Waals surface area contributed by atoms with Crippen LogP contribution in [0.1, 0.15) is 25.3 Å². The van der Waals surface area contributed by atoms with Gasteiger partial charge in [-0.05, 0) is 38.3 Å². The van der Waals surface area contributed by atoms with Crippen LogP contribution >= 0.6 is 0 Å². The molecule has 3 nitrogen and oxygen atoms in total. The van der Waals surface area contributed by atoms with Crippen LogP contribution in [0.2, 0.25) is 0 Å². The molecule has 0 saturated carbocycles. The maximum Gasteiger partial charge on any atom is 0.310 e. The Bertz CT molecular complexity index is 377. The molecule has 1 aromatic carbocycles. The predicted molar refractivity (Wildman–Crippen MR) is 71.3 cm³/mol. The number of benzene rings is 1. The Labute approximate surface area is 109 Å². The molecule has 1 aliphatic heterocycles. The lowest BCUT2D eigenvalue weighted by atomic mass is 9.87. The SMILES string of the molecule is CCOC(=O)C1CCCNC1Cc1ccccc1. The van der Waals surface area contributed by atoms with E-state index in [1.807, 2.05) is 25.1 Å². The van der Waals surface area contributed by atoms with Crippen molar-refractivity contribution in [3.8, 4) is 0 Å². The first-order chi connectivity index (χ1) is 8.81. The van der Waals surface area contributed by atoms with Crippen LogP contribution in [0.4, 0.5) is 0 Å². The van der Waals surface area contributed by atoms with Gasteiger partial charge in [-0.15, -0.1) is 0 Å². The summed E-state index contributed by atoms with van der Waals surface area (Å²) in [6, 6.07) is 10.5. The minimum Gasteiger partial charge on any atom is -0.466 e. The Kier molecular flexibility index (Phi) is 4.76. The Morgan fingerprint density at radius 1 is 1.39 bits per heavy atom. The van der Waals surface area contributed by atoms with E-state index in [9.17, 15) is 4.79 Å². The first kappa shape index (κ1) is 13.1. The molecule has 1 fully saturated rings. The molecule has 1 saturated heterocycles. The number of piperidine rings is 1. The molecule has 0 aromatic heterocycles. The van der Waals surface area contributed by atoms with E-state index in [1.165, 1.54) is 5.56 Å². The van der Waals surface area contributed by atoms with Gasteiger partial charge in [-0.1, -0.05) is 30.3 Å². The molecule has 2 atom stereocenters. The van der Waals surface area contributed by atoms with E-state index < -0.39 is 0 Å². The summed E-state index contributed by atoms with van der Waals surface area (Å²) in [6.07, 6.45) is 2.88. The zero-order chi connectivity index (χ0) is 12.8. The number of nitrogens with one attached hydrogen (secondary N) is 1. The highest BCUT2D eigenvalue weighted by molar-refractivity contribution is 5.73. The molecule has 0 amide bonds. The topological polar surface area (TPSA) is 38.3 Å². The molecular weight excluding hydrogens is 226 g/mol. The van der Waals surface area contributed by atoms with Crippen molar-refractivity contribution in [3.05, 3.63) is 35.9 Å². The quantitative estimate of drug-likeness (QED) is 0.829. The molecular formula is C15H21NO2. The number of ether oxygens (including phenoxy) is 1. The number of esters is 1. The van der Waals surface area contributed by atoms with Crippen molar-refractivity contribution in [1.82, 2.24) is 5.32 Å². The molecule has 0 radical (unpaired) electrons. The second kappa shape index (κ2) is 6.55. The summed E-state index contributed by atoms with van der Waals surface area (Å²) in [4.78, 5) is 11.9. The molecule has 2 rings (SSSR count). The Morgan fingerprint density at radius 3 is 2.89 bits per heavy atom. The van der Waals surface area contributed by atoms with Crippen molar-refractivity contribution in [3.63, 3.8) is 0 Å². The molecule has 1 aliphatic rings. The molecule has 3 heteroatoms. The minimum atomic E-state index is -0.0503. The van der Waals surface area contributed by atoms with E-state index in [0.717, 1.165) is 25.8 Å². The average molecular weight is 247 g/mol. The second-order valence-corrected chi connectivity index (χ2v) is 4.75. The zero-order valence-electron chi connectivity index (χ0n) is 10.9. The van der Waals surface area contributed by atoms with Gasteiger partial charge in [0.2, 0.25) is 0 Å². The van der Waals surface area contributed by atoms with Crippen LogP contribution in [-0.2, 0) is 16.0 Å². The summed E-state index contributed by atoms with van der Waals surface area (Å²) >= 11 is 0. The van der Waals surface area contributed by atoms with Gasteiger partial charge in [0.1, 0.15) is 0 Å². The van der Waals surface area contributed by atoms with Crippen LogP contribution in [0.5, 0.6) is 0 Å². The lowest BCUT2D eigenvalue weighted by molar-refractivity contribution is -0.150. The van der Waals surface area contributed by atoms with Crippen LogP contribution in [0.25, 0.3) is 0 Å². The van der Waals surface area contributed by atoms with Gasteiger partial charge in [0.05, 0.1) is 12.5 Å². The van der Waals surface area contributed by atoms with Crippen molar-refractivity contribution in [2.45, 2.75) is 32.2 Å². The predicted octanol–water partition coefficient (Wildman–Crippen LogP) is 2.16. The smallest absolute Gasteiger partial charge is 0.310 e. The van der Waals surface area contributed by atoms with Gasteiger partial charge in [-0.25, -0.2) is 0 Å². The summed E-state index contributed by atoms with van der Waals surface area (Å²) < 4.78 is 5.17. The number of rotatable bonds is 4. The van der Waals surface area contributed by atoms with E-state index in [0.29, 0.717) is 6.61 Å². The van der Waals surface area contributed by atoms with Gasteiger partial charge in [0.25, 0.3) is 0 Å². The average Bonchev–Trinajstić information content (AvgIpc) is 2.41. The maximum atomic E-state index is 11.9. The molecule has 1 aromatic rings. The molecule has 0 aliphatic carbocycles. The van der Waals surface area contributed by atoms with E-state index >= 15 is 0 Å². The third-order valence-corrected chi connectivity index (χ3v) is 3.47. The largest absolute Gasteiger partial charge is 0.466 e. The van der Waals surface area contributed by atoms with E-state index in [1.54, 1.807) is 0 Å². The van der Waals surface area contributed by atoms with Gasteiger partial charge in [-0.2, -0.15) is 0 Å². The van der Waals surface area contributed by atoms with Crippen molar-refractivity contribution < 1.29 is 9.53 Å². The van der Waals surface area contributed by atoms with Crippen molar-refractivity contribution in [2.24, 2.45) is 5.92 Å². The Morgan fingerprint density at radius 2 is 2.17 bits per heavy atom. The van der Waals surface area contributed by atoms with Gasteiger partial charge < -0.3 is 10.1 Å². The van der Waals surface area contributed by atoms with Gasteiger partial charge in [0, 0.05) is 6.04 Å². The fraction of sp³-hybridized carbons (Fsp3) is 0.533. The van der Waals surface area contributed by atoms with E-state index in [4.69, 9.17) is 4.74 Å². The lowest BCUT2D eigenvalue weighted by Gasteiger charge is -2.31. The van der Waals surface area contributed by atoms with Gasteiger partial charge in [0.15, 0.2) is 0 Å². The molecule has 98 valence electrons. The molecule has 1 heterocycles. The zero-order valence-corrected chi connectivity index (χ0v) is 10.9. The highest BCUT2D eigenvalue weighted by Crippen LogP contribution is 2.21. The van der Waals surface area contributed by atoms with Crippen LogP contribution in [0, 0.1) is 5.92 Å². The molecule has 0 spiro atoms. The lowest BCUT2D eigenvalue weighted by Crippen LogP contribution is -2.46. The summed E-state index contributed by atoms with van der Waals surface area (Å²) in [5, 5.41) is 3.46. The summed E-state index contributed by atoms with van der Waals surface area (Å²) in [6.45, 7) is 3.32. The monoisotopic (exact) mass is 247 g/mol. The fourth-order valence-corrected chi connectivity index (χ4v) is 2.57. The maximum absolute atomic E-state index is 11.9. The Balaban J connectivity index is 2.01. The second-order valence-electron chi connectivity index (χ2n) is 4.75. The van der Waals surface area contributed by atoms with Crippen molar-refractivity contribution >= 4 is 5.97 Å². The van der Waals surface area contributed by atoms with Crippen LogP contribution in [-0.4, -0.2) is 25.2 Å². The summed E-state index contributed by atoms with van der Waals surface area (Å²) in [5.74, 6) is -0.0514. The highest BCUT2D eigenvalue weighted by Gasteiger charge is 2.31.